The second kappa shape index (κ2) is 10.3. The molecule has 1 aliphatic carbocycles. The van der Waals surface area contributed by atoms with Gasteiger partial charge in [-0.25, -0.2) is 0 Å². The van der Waals surface area contributed by atoms with Crippen molar-refractivity contribution in [2.45, 2.75) is 5.92 Å². The molecule has 0 saturated carbocycles. The van der Waals surface area contributed by atoms with Gasteiger partial charge in [-0.15, -0.1) is 11.3 Å². The Labute approximate surface area is 287 Å². The first kappa shape index (κ1) is 27.0. The summed E-state index contributed by atoms with van der Waals surface area (Å²) in [6, 6.07) is 63.1. The van der Waals surface area contributed by atoms with Gasteiger partial charge in [-0.3, -0.25) is 0 Å². The third-order valence-electron chi connectivity index (χ3n) is 10.7. The number of nitrogens with zero attached hydrogens (tertiary/aromatic N) is 1. The van der Waals surface area contributed by atoms with Gasteiger partial charge in [0.2, 0.25) is 0 Å². The summed E-state index contributed by atoms with van der Waals surface area (Å²) < 4.78 is 5.09. The molecule has 0 amide bonds. The molecule has 1 aliphatic rings. The average molecular weight is 640 g/mol. The van der Waals surface area contributed by atoms with Crippen LogP contribution in [0, 0.1) is 0 Å². The number of rotatable bonds is 3. The highest BCUT2D eigenvalue weighted by atomic mass is 32.1. The van der Waals surface area contributed by atoms with E-state index in [1.807, 2.05) is 11.3 Å². The number of para-hydroxylation sites is 2. The molecule has 0 spiro atoms. The summed E-state index contributed by atoms with van der Waals surface area (Å²) in [6.45, 7) is 0. The summed E-state index contributed by atoms with van der Waals surface area (Å²) in [5, 5.41) is 7.88. The van der Waals surface area contributed by atoms with Gasteiger partial charge in [-0.05, 0) is 104 Å². The molecule has 49 heavy (non-hydrogen) atoms. The molecular weight excluding hydrogens is 611 g/mol. The first-order valence-corrected chi connectivity index (χ1v) is 17.8. The Balaban J connectivity index is 1.14. The van der Waals surface area contributed by atoms with Gasteiger partial charge >= 0.3 is 0 Å². The summed E-state index contributed by atoms with van der Waals surface area (Å²) in [7, 11) is 0. The zero-order valence-electron chi connectivity index (χ0n) is 26.6. The summed E-state index contributed by atoms with van der Waals surface area (Å²) in [5.41, 5.74) is 13.0. The summed E-state index contributed by atoms with van der Waals surface area (Å²) in [5.74, 6) is 0.166. The minimum absolute atomic E-state index is 0.166. The first-order valence-electron chi connectivity index (χ1n) is 17.0. The normalized spacial score (nSPS) is 13.9. The fourth-order valence-corrected chi connectivity index (χ4v) is 9.62. The second-order valence-electron chi connectivity index (χ2n) is 13.3. The zero-order valence-corrected chi connectivity index (χ0v) is 27.4. The maximum Gasteiger partial charge on any atom is 0.0541 e. The standard InChI is InChI=1S/C47H29NS/c1-2-13-32(14-3-1)48-43-19-8-6-16-34(43)40-26-31(22-24-44(40)48)30-21-23-37-38(25-30)39-28-46-41(35-17-7-9-20-45(35)49-46)27-42(39)47(37)36-18-10-12-29-11-4-5-15-33(29)36/h1-28,47H. The van der Waals surface area contributed by atoms with Gasteiger partial charge in [0.15, 0.2) is 0 Å². The predicted octanol–water partition coefficient (Wildman–Crippen LogP) is 13.1. The van der Waals surface area contributed by atoms with Crippen LogP contribution < -0.4 is 0 Å². The van der Waals surface area contributed by atoms with Crippen LogP contribution in [0.1, 0.15) is 22.6 Å². The monoisotopic (exact) mass is 639 g/mol. The number of hydrogen-bond acceptors (Lipinski definition) is 1. The highest BCUT2D eigenvalue weighted by Gasteiger charge is 2.32. The molecule has 1 atom stereocenters. The van der Waals surface area contributed by atoms with E-state index < -0.39 is 0 Å². The smallest absolute Gasteiger partial charge is 0.0541 e. The Morgan fingerprint density at radius 2 is 1.08 bits per heavy atom. The van der Waals surface area contributed by atoms with Crippen LogP contribution in [0.5, 0.6) is 0 Å². The number of hydrogen-bond donors (Lipinski definition) is 0. The first-order chi connectivity index (χ1) is 24.3. The van der Waals surface area contributed by atoms with Crippen molar-refractivity contribution in [3.05, 3.63) is 187 Å². The van der Waals surface area contributed by atoms with Crippen molar-refractivity contribution in [2.24, 2.45) is 0 Å². The van der Waals surface area contributed by atoms with Gasteiger partial charge in [0.1, 0.15) is 0 Å². The van der Waals surface area contributed by atoms with E-state index in [1.165, 1.54) is 97.4 Å². The van der Waals surface area contributed by atoms with Gasteiger partial charge in [0.05, 0.1) is 11.0 Å². The van der Waals surface area contributed by atoms with Crippen LogP contribution in [0.25, 0.3) is 80.7 Å². The second-order valence-corrected chi connectivity index (χ2v) is 14.3. The molecule has 0 aliphatic heterocycles. The van der Waals surface area contributed by atoms with Crippen molar-refractivity contribution in [2.75, 3.05) is 0 Å². The van der Waals surface area contributed by atoms with Crippen molar-refractivity contribution in [1.29, 1.82) is 0 Å². The van der Waals surface area contributed by atoms with E-state index in [0.717, 1.165) is 0 Å². The van der Waals surface area contributed by atoms with Crippen molar-refractivity contribution in [1.82, 2.24) is 4.57 Å². The summed E-state index contributed by atoms with van der Waals surface area (Å²) >= 11 is 1.90. The van der Waals surface area contributed by atoms with Crippen molar-refractivity contribution in [3.63, 3.8) is 0 Å². The fourth-order valence-electron chi connectivity index (χ4n) is 8.49. The van der Waals surface area contributed by atoms with Crippen LogP contribution >= 0.6 is 11.3 Å². The van der Waals surface area contributed by atoms with Crippen molar-refractivity contribution in [3.8, 4) is 27.9 Å². The molecule has 8 aromatic carbocycles. The minimum Gasteiger partial charge on any atom is -0.309 e. The van der Waals surface area contributed by atoms with Gasteiger partial charge in [-0.2, -0.15) is 0 Å². The molecule has 228 valence electrons. The van der Waals surface area contributed by atoms with Crippen LogP contribution in [-0.4, -0.2) is 4.57 Å². The van der Waals surface area contributed by atoms with Crippen molar-refractivity contribution >= 4 is 64.1 Å². The third-order valence-corrected chi connectivity index (χ3v) is 11.8. The van der Waals surface area contributed by atoms with E-state index in [4.69, 9.17) is 0 Å². The lowest BCUT2D eigenvalue weighted by Gasteiger charge is -2.17. The van der Waals surface area contributed by atoms with E-state index in [9.17, 15) is 0 Å². The van der Waals surface area contributed by atoms with Crippen LogP contribution in [0.15, 0.2) is 170 Å². The van der Waals surface area contributed by atoms with Crippen molar-refractivity contribution < 1.29 is 0 Å². The molecule has 0 fully saturated rings. The number of fused-ring (bicyclic) bond motifs is 10. The van der Waals surface area contributed by atoms with Crippen LogP contribution in [-0.2, 0) is 0 Å². The van der Waals surface area contributed by atoms with Crippen LogP contribution in [0.4, 0.5) is 0 Å². The molecule has 1 nitrogen and oxygen atoms in total. The topological polar surface area (TPSA) is 4.93 Å². The molecule has 0 saturated heterocycles. The molecule has 0 N–H and O–H groups in total. The molecule has 2 aromatic heterocycles. The van der Waals surface area contributed by atoms with E-state index in [0.29, 0.717) is 0 Å². The lowest BCUT2D eigenvalue weighted by Crippen LogP contribution is -2.00. The van der Waals surface area contributed by atoms with E-state index in [-0.39, 0.29) is 5.92 Å². The largest absolute Gasteiger partial charge is 0.309 e. The fraction of sp³-hybridized carbons (Fsp3) is 0.0213. The quantitative estimate of drug-likeness (QED) is 0.181. The Morgan fingerprint density at radius 1 is 0.388 bits per heavy atom. The van der Waals surface area contributed by atoms with Gasteiger partial charge in [0.25, 0.3) is 0 Å². The maximum atomic E-state index is 2.50. The highest BCUT2D eigenvalue weighted by molar-refractivity contribution is 7.25. The van der Waals surface area contributed by atoms with Gasteiger partial charge in [-0.1, -0.05) is 115 Å². The number of thiophene rings is 1. The molecule has 0 radical (unpaired) electrons. The van der Waals surface area contributed by atoms with Gasteiger partial charge < -0.3 is 4.57 Å². The maximum absolute atomic E-state index is 2.50. The molecule has 1 unspecified atom stereocenters. The Kier molecular flexibility index (Phi) is 5.67. The highest BCUT2D eigenvalue weighted by Crippen LogP contribution is 2.53. The Morgan fingerprint density at radius 3 is 2.00 bits per heavy atom. The number of aromatic nitrogens is 1. The predicted molar refractivity (Wildman–Crippen MR) is 209 cm³/mol. The minimum atomic E-state index is 0.166. The molecular formula is C47H29NS. The molecule has 2 heteroatoms. The lowest BCUT2D eigenvalue weighted by atomic mass is 9.85. The molecule has 11 rings (SSSR count). The SMILES string of the molecule is c1ccc(-n2c3ccccc3c3cc(-c4ccc5c(c4)-c4cc6sc7ccccc7c6cc4C5c4cccc5ccccc45)ccc32)cc1. The third kappa shape index (κ3) is 3.93. The molecule has 2 heterocycles. The van der Waals surface area contributed by atoms with E-state index >= 15 is 0 Å². The van der Waals surface area contributed by atoms with Crippen LogP contribution in [0.2, 0.25) is 0 Å². The lowest BCUT2D eigenvalue weighted by molar-refractivity contribution is 1.03. The van der Waals surface area contributed by atoms with Gasteiger partial charge in [0, 0.05) is 42.6 Å². The molecule has 0 bridgehead atoms. The van der Waals surface area contributed by atoms with E-state index in [2.05, 4.69) is 174 Å². The Bertz CT molecular complexity index is 2940. The molecule has 10 aromatic rings. The zero-order chi connectivity index (χ0) is 32.1. The summed E-state index contributed by atoms with van der Waals surface area (Å²) in [6.07, 6.45) is 0. The van der Waals surface area contributed by atoms with E-state index in [1.54, 1.807) is 0 Å². The van der Waals surface area contributed by atoms with Crippen LogP contribution in [0.3, 0.4) is 0 Å². The average Bonchev–Trinajstić information content (AvgIpc) is 3.80. The summed E-state index contributed by atoms with van der Waals surface area (Å²) in [4.78, 5) is 0. The Hall–Kier alpha value is -5.96. The number of benzene rings is 8.